The summed E-state index contributed by atoms with van der Waals surface area (Å²) >= 11 is 0. The van der Waals surface area contributed by atoms with Crippen molar-refractivity contribution in [3.8, 4) is 5.75 Å². The van der Waals surface area contributed by atoms with Gasteiger partial charge in [0.1, 0.15) is 11.4 Å². The Balaban J connectivity index is 1.62. The molecule has 0 unspecified atom stereocenters. The van der Waals surface area contributed by atoms with E-state index < -0.39 is 22.0 Å². The minimum absolute atomic E-state index is 0.0634. The maximum atomic E-state index is 14.4. The lowest BCUT2D eigenvalue weighted by molar-refractivity contribution is -0.0123. The lowest BCUT2D eigenvalue weighted by atomic mass is 9.96. The van der Waals surface area contributed by atoms with Crippen molar-refractivity contribution < 1.29 is 37.1 Å². The van der Waals surface area contributed by atoms with E-state index in [4.69, 9.17) is 14.0 Å². The number of aryl methyl sites for hydroxylation is 2. The quantitative estimate of drug-likeness (QED) is 0.351. The van der Waals surface area contributed by atoms with Gasteiger partial charge in [0, 0.05) is 44.4 Å². The summed E-state index contributed by atoms with van der Waals surface area (Å²) in [5.41, 5.74) is 0.542. The zero-order valence-electron chi connectivity index (χ0n) is 29.2. The summed E-state index contributed by atoms with van der Waals surface area (Å²) in [6, 6.07) is 4.08. The van der Waals surface area contributed by atoms with E-state index in [0.29, 0.717) is 25.3 Å². The highest BCUT2D eigenvalue weighted by atomic mass is 32.2. The van der Waals surface area contributed by atoms with Gasteiger partial charge in [-0.3, -0.25) is 9.52 Å². The summed E-state index contributed by atoms with van der Waals surface area (Å²) in [6.45, 7) is 9.46. The molecule has 1 saturated carbocycles. The second-order valence-electron chi connectivity index (χ2n) is 13.4. The number of anilines is 1. The molecule has 1 aliphatic carbocycles. The first kappa shape index (κ1) is 37.5. The molecule has 14 heteroatoms. The zero-order valence-corrected chi connectivity index (χ0v) is 30.0. The van der Waals surface area contributed by atoms with Crippen molar-refractivity contribution in [3.05, 3.63) is 35.2 Å². The molecule has 3 N–H and O–H groups in total. The number of fused-ring (bicyclic) bond motifs is 1. The molecule has 2 heterocycles. The van der Waals surface area contributed by atoms with Crippen LogP contribution in [0.4, 0.5) is 10.5 Å². The van der Waals surface area contributed by atoms with E-state index in [9.17, 15) is 23.1 Å². The Hall–Kier alpha value is -3.36. The molecule has 0 saturated heterocycles. The molecule has 1 aromatic carbocycles. The fourth-order valence-electron chi connectivity index (χ4n) is 6.40. The Labute approximate surface area is 284 Å². The number of benzene rings is 1. The second-order valence-corrected chi connectivity index (χ2v) is 15.1. The predicted octanol–water partition coefficient (Wildman–Crippen LogP) is 4.86. The minimum Gasteiger partial charge on any atom is -0.490 e. The lowest BCUT2D eigenvalue weighted by Gasteiger charge is -2.36. The molecule has 1 aromatic heterocycles. The summed E-state index contributed by atoms with van der Waals surface area (Å²) in [4.78, 5) is 30.7. The summed E-state index contributed by atoms with van der Waals surface area (Å²) in [6.07, 6.45) is 7.11. The van der Waals surface area contributed by atoms with Crippen molar-refractivity contribution in [2.45, 2.75) is 115 Å². The number of carbonyl (C=O) groups excluding carboxylic acids is 2. The number of aromatic nitrogens is 1. The van der Waals surface area contributed by atoms with Crippen molar-refractivity contribution in [3.63, 3.8) is 0 Å². The van der Waals surface area contributed by atoms with E-state index in [-0.39, 0.29) is 71.0 Å². The summed E-state index contributed by atoms with van der Waals surface area (Å²) in [5.74, 6) is -0.180. The van der Waals surface area contributed by atoms with E-state index in [1.807, 2.05) is 13.8 Å². The van der Waals surface area contributed by atoms with Crippen molar-refractivity contribution >= 4 is 27.6 Å². The van der Waals surface area contributed by atoms with Crippen LogP contribution in [0.15, 0.2) is 27.6 Å². The number of rotatable bonds is 8. The van der Waals surface area contributed by atoms with Crippen LogP contribution in [0.25, 0.3) is 0 Å². The van der Waals surface area contributed by atoms with Gasteiger partial charge < -0.3 is 34.2 Å². The zero-order chi connectivity index (χ0) is 35.0. The molecule has 48 heavy (non-hydrogen) atoms. The first-order chi connectivity index (χ1) is 22.8. The molecule has 2 aliphatic rings. The van der Waals surface area contributed by atoms with E-state index in [0.717, 1.165) is 38.5 Å². The van der Waals surface area contributed by atoms with E-state index in [1.165, 1.54) is 19.4 Å². The first-order valence-corrected chi connectivity index (χ1v) is 18.6. The van der Waals surface area contributed by atoms with Crippen LogP contribution in [-0.2, 0) is 14.8 Å². The van der Waals surface area contributed by atoms with Crippen LogP contribution in [0.5, 0.6) is 5.75 Å². The average molecular weight is 692 g/mol. The predicted molar refractivity (Wildman–Crippen MR) is 182 cm³/mol. The Morgan fingerprint density at radius 3 is 2.50 bits per heavy atom. The number of carbonyl (C=O) groups is 2. The van der Waals surface area contributed by atoms with Gasteiger partial charge in [0.25, 0.3) is 15.9 Å². The first-order valence-electron chi connectivity index (χ1n) is 17.1. The highest BCUT2D eigenvalue weighted by Crippen LogP contribution is 2.30. The van der Waals surface area contributed by atoms with Gasteiger partial charge in [0.15, 0.2) is 10.7 Å². The molecular formula is C34H53N5O8S. The topological polar surface area (TPSA) is 164 Å². The molecule has 0 radical (unpaired) electrons. The Morgan fingerprint density at radius 2 is 1.83 bits per heavy atom. The average Bonchev–Trinajstić information content (AvgIpc) is 3.40. The van der Waals surface area contributed by atoms with Crippen LogP contribution in [0, 0.1) is 19.8 Å². The largest absolute Gasteiger partial charge is 0.490 e. The normalized spacial score (nSPS) is 22.6. The number of nitrogens with zero attached hydrogens (tertiary/aromatic N) is 3. The van der Waals surface area contributed by atoms with E-state index in [1.54, 1.807) is 42.8 Å². The van der Waals surface area contributed by atoms with Crippen molar-refractivity contribution in [1.82, 2.24) is 20.3 Å². The monoisotopic (exact) mass is 691 g/mol. The van der Waals surface area contributed by atoms with Gasteiger partial charge in [-0.2, -0.15) is 0 Å². The standard InChI is InChI=1S/C34H53N5O8S/c1-22-19-39(23(2)21-40)33(41)29-18-28(37-48(43,44)32-25(4)36-47-26(32)5)15-16-30(29)46-24(3)12-10-11-17-45-31(22)20-38(6)34(42)35-27-13-8-7-9-14-27/h15-16,18,22-24,27,31,37,40H,7-14,17,19-21H2,1-6H3,(H,35,42)/t22-,23+,24-,31-/m1/s1. The molecule has 1 aliphatic heterocycles. The molecular weight excluding hydrogens is 638 g/mol. The van der Waals surface area contributed by atoms with Gasteiger partial charge in [-0.1, -0.05) is 31.3 Å². The number of ether oxygens (including phenoxy) is 2. The van der Waals surface area contributed by atoms with Crippen LogP contribution < -0.4 is 14.8 Å². The molecule has 4 rings (SSSR count). The van der Waals surface area contributed by atoms with Crippen LogP contribution >= 0.6 is 0 Å². The van der Waals surface area contributed by atoms with Gasteiger partial charge in [0.2, 0.25) is 0 Å². The van der Waals surface area contributed by atoms with Crippen molar-refractivity contribution in [2.75, 3.05) is 38.1 Å². The molecule has 0 spiro atoms. The maximum absolute atomic E-state index is 14.4. The van der Waals surface area contributed by atoms with Gasteiger partial charge in [-0.05, 0) is 78.0 Å². The van der Waals surface area contributed by atoms with E-state index >= 15 is 0 Å². The molecule has 3 amide bonds. The molecule has 2 aromatic rings. The number of aliphatic hydroxyl groups is 1. The third-order valence-corrected chi connectivity index (χ3v) is 10.9. The smallest absolute Gasteiger partial charge is 0.317 e. The van der Waals surface area contributed by atoms with Crippen molar-refractivity contribution in [1.29, 1.82) is 0 Å². The fourth-order valence-corrected chi connectivity index (χ4v) is 7.78. The third kappa shape index (κ3) is 9.63. The van der Waals surface area contributed by atoms with Crippen LogP contribution in [-0.4, -0.2) is 98.1 Å². The third-order valence-electron chi connectivity index (χ3n) is 9.27. The van der Waals surface area contributed by atoms with Gasteiger partial charge in [-0.25, -0.2) is 13.2 Å². The van der Waals surface area contributed by atoms with Crippen LogP contribution in [0.1, 0.15) is 93.9 Å². The second kappa shape index (κ2) is 16.8. The summed E-state index contributed by atoms with van der Waals surface area (Å²) in [7, 11) is -2.32. The van der Waals surface area contributed by atoms with Crippen LogP contribution in [0.3, 0.4) is 0 Å². The van der Waals surface area contributed by atoms with Crippen LogP contribution in [0.2, 0.25) is 0 Å². The van der Waals surface area contributed by atoms with Gasteiger partial charge >= 0.3 is 6.03 Å². The number of urea groups is 1. The van der Waals surface area contributed by atoms with Gasteiger partial charge in [-0.15, -0.1) is 0 Å². The molecule has 4 atom stereocenters. The molecule has 1 fully saturated rings. The molecule has 268 valence electrons. The van der Waals surface area contributed by atoms with Gasteiger partial charge in [0.05, 0.1) is 30.4 Å². The Kier molecular flexibility index (Phi) is 13.1. The fraction of sp³-hybridized carbons (Fsp3) is 0.676. The SMILES string of the molecule is Cc1noc(C)c1S(=O)(=O)Nc1ccc2c(c1)C(=O)N([C@@H](C)CO)C[C@@H](C)[C@@H](CN(C)C(=O)NC1CCCCC1)OCCCC[C@@H](C)O2. The Bertz CT molecular complexity index is 1470. The molecule has 13 nitrogen and oxygen atoms in total. The number of nitrogens with one attached hydrogen (secondary N) is 2. The number of hydrogen-bond acceptors (Lipinski definition) is 9. The Morgan fingerprint density at radius 1 is 1.12 bits per heavy atom. The molecule has 0 bridgehead atoms. The maximum Gasteiger partial charge on any atom is 0.317 e. The minimum atomic E-state index is -4.08. The van der Waals surface area contributed by atoms with Crippen molar-refractivity contribution in [2.24, 2.45) is 5.92 Å². The number of hydrogen-bond donors (Lipinski definition) is 3. The number of aliphatic hydroxyl groups excluding tert-OH is 1. The van der Waals surface area contributed by atoms with E-state index in [2.05, 4.69) is 15.2 Å². The highest BCUT2D eigenvalue weighted by molar-refractivity contribution is 7.92. The number of amides is 3. The summed E-state index contributed by atoms with van der Waals surface area (Å²) in [5, 5.41) is 17.2. The lowest BCUT2D eigenvalue weighted by Crippen LogP contribution is -2.50. The number of likely N-dealkylation sites (N-methyl/N-ethyl adjacent to an activating group) is 1. The highest BCUT2D eigenvalue weighted by Gasteiger charge is 2.32. The number of sulfonamides is 1. The summed E-state index contributed by atoms with van der Waals surface area (Å²) < 4.78 is 46.9.